The van der Waals surface area contributed by atoms with E-state index in [-0.39, 0.29) is 5.91 Å². The zero-order valence-corrected chi connectivity index (χ0v) is 14.9. The number of anilines is 1. The molecule has 4 nitrogen and oxygen atoms in total. The van der Waals surface area contributed by atoms with Gasteiger partial charge in [-0.05, 0) is 55.7 Å². The highest BCUT2D eigenvalue weighted by atomic mass is 19.4. The fraction of sp³-hybridized carbons (Fsp3) is 0.300. The van der Waals surface area contributed by atoms with Crippen LogP contribution in [0.5, 0.6) is 0 Å². The van der Waals surface area contributed by atoms with Crippen molar-refractivity contribution in [3.63, 3.8) is 0 Å². The molecule has 1 atom stereocenters. The summed E-state index contributed by atoms with van der Waals surface area (Å²) in [5, 5.41) is 2.46. The van der Waals surface area contributed by atoms with Gasteiger partial charge < -0.3 is 10.2 Å². The van der Waals surface area contributed by atoms with Gasteiger partial charge >= 0.3 is 6.18 Å². The van der Waals surface area contributed by atoms with E-state index in [0.29, 0.717) is 13.0 Å². The van der Waals surface area contributed by atoms with E-state index in [9.17, 15) is 22.8 Å². The van der Waals surface area contributed by atoms with Crippen LogP contribution in [0.15, 0.2) is 42.5 Å². The molecule has 27 heavy (non-hydrogen) atoms. The normalized spacial score (nSPS) is 17.3. The number of rotatable bonds is 3. The second-order valence-electron chi connectivity index (χ2n) is 6.69. The van der Waals surface area contributed by atoms with E-state index in [1.165, 1.54) is 12.1 Å². The van der Waals surface area contributed by atoms with Gasteiger partial charge in [0.15, 0.2) is 0 Å². The van der Waals surface area contributed by atoms with Gasteiger partial charge in [0, 0.05) is 12.2 Å². The predicted molar refractivity (Wildman–Crippen MR) is 95.6 cm³/mol. The van der Waals surface area contributed by atoms with Crippen LogP contribution < -0.4 is 10.2 Å². The van der Waals surface area contributed by atoms with Crippen LogP contribution in [0.1, 0.15) is 33.5 Å². The van der Waals surface area contributed by atoms with Crippen LogP contribution in [0, 0.1) is 13.8 Å². The lowest BCUT2D eigenvalue weighted by Gasteiger charge is -2.19. The lowest BCUT2D eigenvalue weighted by Crippen LogP contribution is -2.42. The van der Waals surface area contributed by atoms with Gasteiger partial charge in [0.25, 0.3) is 5.91 Å². The number of hydrogen-bond donors (Lipinski definition) is 1. The van der Waals surface area contributed by atoms with Gasteiger partial charge in [-0.15, -0.1) is 0 Å². The first-order valence-corrected chi connectivity index (χ1v) is 8.53. The fourth-order valence-corrected chi connectivity index (χ4v) is 3.34. The molecule has 1 aliphatic heterocycles. The Morgan fingerprint density at radius 1 is 1.11 bits per heavy atom. The minimum atomic E-state index is -4.64. The molecule has 7 heteroatoms. The highest BCUT2D eigenvalue weighted by molar-refractivity contribution is 6.04. The lowest BCUT2D eigenvalue weighted by molar-refractivity contribution is -0.137. The molecule has 1 N–H and O–H groups in total. The molecule has 0 spiro atoms. The molecule has 0 unspecified atom stereocenters. The summed E-state index contributed by atoms with van der Waals surface area (Å²) in [7, 11) is 0. The van der Waals surface area contributed by atoms with E-state index in [4.69, 9.17) is 0 Å². The third-order valence-electron chi connectivity index (χ3n) is 4.51. The lowest BCUT2D eigenvalue weighted by atomic mass is 10.1. The quantitative estimate of drug-likeness (QED) is 0.884. The number of aryl methyl sites for hydroxylation is 2. The molecule has 0 bridgehead atoms. The van der Waals surface area contributed by atoms with Crippen LogP contribution in [0.2, 0.25) is 0 Å². The Morgan fingerprint density at radius 2 is 1.74 bits per heavy atom. The molecule has 2 aromatic rings. The van der Waals surface area contributed by atoms with Crippen molar-refractivity contribution in [2.75, 3.05) is 11.4 Å². The number of hydrogen-bond acceptors (Lipinski definition) is 2. The number of amides is 2. The second kappa shape index (κ2) is 7.06. The maximum atomic E-state index is 13.1. The molecule has 3 rings (SSSR count). The van der Waals surface area contributed by atoms with Crippen molar-refractivity contribution >= 4 is 17.5 Å². The molecular formula is C20H19F3N2O2. The smallest absolute Gasteiger partial charge is 0.340 e. The maximum Gasteiger partial charge on any atom is 0.417 e. The highest BCUT2D eigenvalue weighted by Gasteiger charge is 2.37. The summed E-state index contributed by atoms with van der Waals surface area (Å²) in [5.74, 6) is -1.22. The SMILES string of the molecule is Cc1cc(C)cc(N2CC[C@H](NC(=O)c3ccccc3C(F)(F)F)C2=O)c1. The summed E-state index contributed by atoms with van der Waals surface area (Å²) in [4.78, 5) is 26.6. The first-order chi connectivity index (χ1) is 12.7. The van der Waals surface area contributed by atoms with E-state index in [2.05, 4.69) is 5.32 Å². The average molecular weight is 376 g/mol. The third-order valence-corrected chi connectivity index (χ3v) is 4.51. The molecule has 142 valence electrons. The molecule has 0 aliphatic carbocycles. The Hall–Kier alpha value is -2.83. The Kier molecular flexibility index (Phi) is 4.95. The first kappa shape index (κ1) is 18.9. The number of carbonyl (C=O) groups excluding carboxylic acids is 2. The van der Waals surface area contributed by atoms with Crippen molar-refractivity contribution in [3.8, 4) is 0 Å². The Balaban J connectivity index is 1.78. The predicted octanol–water partition coefficient (Wildman–Crippen LogP) is 3.86. The fourth-order valence-electron chi connectivity index (χ4n) is 3.34. The van der Waals surface area contributed by atoms with Gasteiger partial charge in [0.2, 0.25) is 5.91 Å². The van der Waals surface area contributed by atoms with Gasteiger partial charge in [-0.2, -0.15) is 13.2 Å². The molecule has 2 aromatic carbocycles. The van der Waals surface area contributed by atoms with Crippen molar-refractivity contribution in [1.29, 1.82) is 0 Å². The standard InChI is InChI=1S/C20H19F3N2O2/c1-12-9-13(2)11-14(10-12)25-8-7-17(19(25)27)24-18(26)15-5-3-4-6-16(15)20(21,22)23/h3-6,9-11,17H,7-8H2,1-2H3,(H,24,26)/t17-/m0/s1. The Bertz CT molecular complexity index is 873. The van der Waals surface area contributed by atoms with Crippen LogP contribution in [0.4, 0.5) is 18.9 Å². The van der Waals surface area contributed by atoms with Gasteiger partial charge in [-0.3, -0.25) is 9.59 Å². The van der Waals surface area contributed by atoms with Crippen LogP contribution in [-0.4, -0.2) is 24.4 Å². The molecule has 1 saturated heterocycles. The van der Waals surface area contributed by atoms with Crippen molar-refractivity contribution in [3.05, 3.63) is 64.7 Å². The molecule has 0 saturated carbocycles. The third kappa shape index (κ3) is 3.97. The number of nitrogens with one attached hydrogen (secondary N) is 1. The summed E-state index contributed by atoms with van der Waals surface area (Å²) in [5.41, 5.74) is 1.24. The maximum absolute atomic E-state index is 13.1. The Morgan fingerprint density at radius 3 is 2.37 bits per heavy atom. The molecular weight excluding hydrogens is 357 g/mol. The second-order valence-corrected chi connectivity index (χ2v) is 6.69. The molecule has 1 fully saturated rings. The van der Waals surface area contributed by atoms with E-state index >= 15 is 0 Å². The zero-order valence-electron chi connectivity index (χ0n) is 14.9. The molecule has 0 radical (unpaired) electrons. The topological polar surface area (TPSA) is 49.4 Å². The van der Waals surface area contributed by atoms with Crippen molar-refractivity contribution in [2.45, 2.75) is 32.5 Å². The summed E-state index contributed by atoms with van der Waals surface area (Å²) < 4.78 is 39.3. The summed E-state index contributed by atoms with van der Waals surface area (Å²) in [6.07, 6.45) is -4.30. The van der Waals surface area contributed by atoms with Gasteiger partial charge in [0.1, 0.15) is 6.04 Å². The summed E-state index contributed by atoms with van der Waals surface area (Å²) >= 11 is 0. The summed E-state index contributed by atoms with van der Waals surface area (Å²) in [6, 6.07) is 9.43. The van der Waals surface area contributed by atoms with Crippen LogP contribution in [-0.2, 0) is 11.0 Å². The number of halogens is 3. The van der Waals surface area contributed by atoms with Gasteiger partial charge in [0.05, 0.1) is 11.1 Å². The average Bonchev–Trinajstić information content (AvgIpc) is 2.94. The van der Waals surface area contributed by atoms with Crippen LogP contribution in [0.25, 0.3) is 0 Å². The van der Waals surface area contributed by atoms with Crippen LogP contribution in [0.3, 0.4) is 0 Å². The number of benzene rings is 2. The molecule has 1 heterocycles. The Labute approximate surface area is 155 Å². The van der Waals surface area contributed by atoms with Crippen LogP contribution >= 0.6 is 0 Å². The largest absolute Gasteiger partial charge is 0.417 e. The molecule has 1 aliphatic rings. The minimum Gasteiger partial charge on any atom is -0.340 e. The minimum absolute atomic E-state index is 0.321. The zero-order chi connectivity index (χ0) is 19.8. The highest BCUT2D eigenvalue weighted by Crippen LogP contribution is 2.32. The van der Waals surface area contributed by atoms with E-state index < -0.39 is 29.3 Å². The molecule has 2 amide bonds. The number of alkyl halides is 3. The van der Waals surface area contributed by atoms with Crippen molar-refractivity contribution < 1.29 is 22.8 Å². The number of nitrogens with zero attached hydrogens (tertiary/aromatic N) is 1. The first-order valence-electron chi connectivity index (χ1n) is 8.53. The van der Waals surface area contributed by atoms with Gasteiger partial charge in [-0.1, -0.05) is 18.2 Å². The van der Waals surface area contributed by atoms with E-state index in [1.54, 1.807) is 4.90 Å². The van der Waals surface area contributed by atoms with Crippen molar-refractivity contribution in [1.82, 2.24) is 5.32 Å². The molecule has 0 aromatic heterocycles. The van der Waals surface area contributed by atoms with E-state index in [1.807, 2.05) is 32.0 Å². The van der Waals surface area contributed by atoms with Gasteiger partial charge in [-0.25, -0.2) is 0 Å². The summed E-state index contributed by atoms with van der Waals surface area (Å²) in [6.45, 7) is 4.24. The number of carbonyl (C=O) groups is 2. The van der Waals surface area contributed by atoms with E-state index in [0.717, 1.165) is 28.9 Å². The monoisotopic (exact) mass is 376 g/mol. The van der Waals surface area contributed by atoms with Crippen molar-refractivity contribution in [2.24, 2.45) is 0 Å².